The molecule has 0 aromatic carbocycles. The van der Waals surface area contributed by atoms with Crippen molar-refractivity contribution in [1.82, 2.24) is 0 Å². The Kier molecular flexibility index (Phi) is 47.8. The third kappa shape index (κ3) is 49.5. The Hall–Kier alpha value is -5.49. The highest BCUT2D eigenvalue weighted by Gasteiger charge is 2.19. The predicted octanol–water partition coefficient (Wildman–Crippen LogP) is 16.6. The average Bonchev–Trinajstić information content (AvgIpc) is 3.31. The van der Waals surface area contributed by atoms with Crippen LogP contribution >= 0.6 is 0 Å². The summed E-state index contributed by atoms with van der Waals surface area (Å²) < 4.78 is 16.6. The second kappa shape index (κ2) is 52.1. The minimum absolute atomic E-state index is 0.147. The summed E-state index contributed by atoms with van der Waals surface area (Å²) in [5, 5.41) is 0. The zero-order valence-electron chi connectivity index (χ0n) is 41.1. The molecule has 1 atom stereocenters. The third-order valence-corrected chi connectivity index (χ3v) is 9.33. The number of carbonyl (C=O) groups is 3. The van der Waals surface area contributed by atoms with E-state index in [9.17, 15) is 14.4 Å². The molecular formula is C60H86O6. The fourth-order valence-corrected chi connectivity index (χ4v) is 5.71. The minimum Gasteiger partial charge on any atom is -0.462 e. The van der Waals surface area contributed by atoms with Gasteiger partial charge in [0.15, 0.2) is 6.10 Å². The van der Waals surface area contributed by atoms with E-state index in [4.69, 9.17) is 14.2 Å². The van der Waals surface area contributed by atoms with Crippen molar-refractivity contribution in [3.63, 3.8) is 0 Å². The van der Waals surface area contributed by atoms with Gasteiger partial charge in [-0.3, -0.25) is 14.4 Å². The topological polar surface area (TPSA) is 78.9 Å². The highest BCUT2D eigenvalue weighted by atomic mass is 16.6. The standard InChI is InChI=1S/C60H86O6/c1-4-7-10-13-16-19-22-25-27-29-30-32-33-35-38-41-44-47-50-53-59(62)65-56-57(55-64-58(61)52-49-46-43-40-37-24-21-18-15-12-9-6-3)66-60(63)54-51-48-45-42-39-36-34-31-28-26-23-20-17-14-11-8-5-2/h7-13,16-22,25-30,32-38,40,42,45,57H,4-6,14-15,23-24,31,39,41,43-44,46-56H2,1-3H3/b10-7-,11-8-,12-9-,16-13-,20-17-,21-18-,22-19-,27-25-,28-26-,30-29+,33-32-,36-34-,38-35-,40-37-,45-42-. The number of esters is 3. The summed E-state index contributed by atoms with van der Waals surface area (Å²) >= 11 is 0. The van der Waals surface area contributed by atoms with Crippen molar-refractivity contribution in [2.24, 2.45) is 0 Å². The second-order valence-electron chi connectivity index (χ2n) is 15.4. The average molecular weight is 903 g/mol. The maximum atomic E-state index is 12.8. The minimum atomic E-state index is -0.853. The Labute approximate surface area is 402 Å². The summed E-state index contributed by atoms with van der Waals surface area (Å²) in [7, 11) is 0. The fourth-order valence-electron chi connectivity index (χ4n) is 5.71. The van der Waals surface area contributed by atoms with Crippen LogP contribution in [0, 0.1) is 0 Å². The van der Waals surface area contributed by atoms with Crippen LogP contribution in [-0.2, 0) is 28.6 Å². The number of unbranched alkanes of at least 4 members (excludes halogenated alkanes) is 6. The molecular weight excluding hydrogens is 817 g/mol. The molecule has 0 saturated carbocycles. The van der Waals surface area contributed by atoms with Gasteiger partial charge in [-0.2, -0.15) is 0 Å². The van der Waals surface area contributed by atoms with E-state index in [1.165, 1.54) is 0 Å². The molecule has 0 radical (unpaired) electrons. The molecule has 0 N–H and O–H groups in total. The van der Waals surface area contributed by atoms with Crippen LogP contribution in [0.2, 0.25) is 0 Å². The first-order chi connectivity index (χ1) is 32.5. The Morgan fingerprint density at radius 3 is 1.08 bits per heavy atom. The van der Waals surface area contributed by atoms with Gasteiger partial charge in [-0.1, -0.05) is 209 Å². The Morgan fingerprint density at radius 1 is 0.318 bits per heavy atom. The van der Waals surface area contributed by atoms with Gasteiger partial charge >= 0.3 is 17.9 Å². The van der Waals surface area contributed by atoms with Gasteiger partial charge in [-0.15, -0.1) is 0 Å². The first-order valence-electron chi connectivity index (χ1n) is 24.9. The lowest BCUT2D eigenvalue weighted by atomic mass is 10.1. The van der Waals surface area contributed by atoms with E-state index < -0.39 is 12.1 Å². The predicted molar refractivity (Wildman–Crippen MR) is 283 cm³/mol. The molecule has 0 amide bonds. The lowest BCUT2D eigenvalue weighted by Gasteiger charge is -2.18. The van der Waals surface area contributed by atoms with Crippen LogP contribution in [0.3, 0.4) is 0 Å². The van der Waals surface area contributed by atoms with Gasteiger partial charge in [-0.05, 0) is 109 Å². The van der Waals surface area contributed by atoms with E-state index in [0.29, 0.717) is 19.3 Å². The molecule has 6 nitrogen and oxygen atoms in total. The van der Waals surface area contributed by atoms with Gasteiger partial charge < -0.3 is 14.2 Å². The molecule has 0 fully saturated rings. The number of hydrogen-bond acceptors (Lipinski definition) is 6. The van der Waals surface area contributed by atoms with Gasteiger partial charge in [0.05, 0.1) is 0 Å². The van der Waals surface area contributed by atoms with Crippen molar-refractivity contribution in [2.45, 2.75) is 162 Å². The van der Waals surface area contributed by atoms with E-state index in [1.807, 2.05) is 72.9 Å². The zero-order valence-corrected chi connectivity index (χ0v) is 41.1. The maximum absolute atomic E-state index is 12.8. The van der Waals surface area contributed by atoms with Crippen molar-refractivity contribution >= 4 is 17.9 Å². The zero-order chi connectivity index (χ0) is 47.9. The Balaban J connectivity index is 4.68. The smallest absolute Gasteiger partial charge is 0.306 e. The monoisotopic (exact) mass is 903 g/mol. The Bertz CT molecular complexity index is 1650. The van der Waals surface area contributed by atoms with Crippen molar-refractivity contribution in [2.75, 3.05) is 13.2 Å². The quantitative estimate of drug-likeness (QED) is 0.0200. The van der Waals surface area contributed by atoms with E-state index in [2.05, 4.69) is 130 Å². The van der Waals surface area contributed by atoms with Crippen LogP contribution in [0.5, 0.6) is 0 Å². The van der Waals surface area contributed by atoms with Crippen molar-refractivity contribution < 1.29 is 28.6 Å². The first-order valence-corrected chi connectivity index (χ1v) is 24.9. The van der Waals surface area contributed by atoms with Crippen LogP contribution in [-0.4, -0.2) is 37.2 Å². The summed E-state index contributed by atoms with van der Waals surface area (Å²) in [4.78, 5) is 37.9. The van der Waals surface area contributed by atoms with Gasteiger partial charge in [0, 0.05) is 19.3 Å². The molecule has 362 valence electrons. The van der Waals surface area contributed by atoms with Crippen molar-refractivity contribution in [3.05, 3.63) is 182 Å². The normalized spacial score (nSPS) is 13.7. The summed E-state index contributed by atoms with van der Waals surface area (Å²) in [6, 6.07) is 0. The molecule has 6 heteroatoms. The molecule has 0 aromatic heterocycles. The van der Waals surface area contributed by atoms with Gasteiger partial charge in [0.1, 0.15) is 13.2 Å². The van der Waals surface area contributed by atoms with E-state index in [0.717, 1.165) is 96.3 Å². The van der Waals surface area contributed by atoms with Crippen LogP contribution in [0.15, 0.2) is 182 Å². The van der Waals surface area contributed by atoms with Crippen LogP contribution < -0.4 is 0 Å². The highest BCUT2D eigenvalue weighted by Crippen LogP contribution is 2.10. The van der Waals surface area contributed by atoms with Gasteiger partial charge in [-0.25, -0.2) is 0 Å². The molecule has 0 saturated heterocycles. The largest absolute Gasteiger partial charge is 0.462 e. The fraction of sp³-hybridized carbons (Fsp3) is 0.450. The molecule has 0 spiro atoms. The second-order valence-corrected chi connectivity index (χ2v) is 15.4. The Morgan fingerprint density at radius 2 is 0.636 bits per heavy atom. The van der Waals surface area contributed by atoms with E-state index in [-0.39, 0.29) is 44.4 Å². The molecule has 1 unspecified atom stereocenters. The molecule has 0 rings (SSSR count). The molecule has 0 aromatic rings. The van der Waals surface area contributed by atoms with Crippen LogP contribution in [0.1, 0.15) is 156 Å². The lowest BCUT2D eigenvalue weighted by Crippen LogP contribution is -2.30. The molecule has 0 heterocycles. The highest BCUT2D eigenvalue weighted by molar-refractivity contribution is 5.71. The third-order valence-electron chi connectivity index (χ3n) is 9.33. The number of rotatable bonds is 41. The molecule has 0 aliphatic carbocycles. The number of ether oxygens (including phenoxy) is 3. The van der Waals surface area contributed by atoms with Crippen LogP contribution in [0.4, 0.5) is 0 Å². The van der Waals surface area contributed by atoms with Crippen molar-refractivity contribution in [1.29, 1.82) is 0 Å². The van der Waals surface area contributed by atoms with Crippen LogP contribution in [0.25, 0.3) is 0 Å². The SMILES string of the molecule is CC\C=C/C=C\C=C/C=C\C=C\C=C/C=C\CCCCCC(=O)OCC(COC(=O)CCCC/C=C\C/C=C\C/C=C\CC)OC(=O)CCC/C=C\C/C=C\C/C=C\C/C=C\C/C=C\CC. The summed E-state index contributed by atoms with van der Waals surface area (Å²) in [5.74, 6) is -1.11. The van der Waals surface area contributed by atoms with Crippen molar-refractivity contribution in [3.8, 4) is 0 Å². The molecule has 0 aliphatic heterocycles. The van der Waals surface area contributed by atoms with Gasteiger partial charge in [0.25, 0.3) is 0 Å². The number of allylic oxidation sites excluding steroid dienone is 30. The lowest BCUT2D eigenvalue weighted by molar-refractivity contribution is -0.167. The molecule has 0 bridgehead atoms. The van der Waals surface area contributed by atoms with E-state index >= 15 is 0 Å². The first kappa shape index (κ1) is 60.5. The number of hydrogen-bond donors (Lipinski definition) is 0. The molecule has 66 heavy (non-hydrogen) atoms. The van der Waals surface area contributed by atoms with E-state index in [1.54, 1.807) is 0 Å². The maximum Gasteiger partial charge on any atom is 0.306 e. The van der Waals surface area contributed by atoms with Gasteiger partial charge in [0.2, 0.25) is 0 Å². The number of carbonyl (C=O) groups excluding carboxylic acids is 3. The summed E-state index contributed by atoms with van der Waals surface area (Å²) in [6.45, 7) is 6.09. The summed E-state index contributed by atoms with van der Waals surface area (Å²) in [6.07, 6.45) is 78.8. The molecule has 0 aliphatic rings. The summed E-state index contributed by atoms with van der Waals surface area (Å²) in [5.41, 5.74) is 0.